The van der Waals surface area contributed by atoms with Crippen LogP contribution in [-0.2, 0) is 6.54 Å². The Morgan fingerprint density at radius 3 is 2.60 bits per heavy atom. The Kier molecular flexibility index (Phi) is 5.72. The van der Waals surface area contributed by atoms with Crippen LogP contribution in [0.5, 0.6) is 11.5 Å². The summed E-state index contributed by atoms with van der Waals surface area (Å²) in [5, 5.41) is 3.63. The Morgan fingerprint density at radius 2 is 1.95 bits per heavy atom. The third-order valence-corrected chi connectivity index (χ3v) is 3.62. The predicted molar refractivity (Wildman–Crippen MR) is 82.5 cm³/mol. The van der Waals surface area contributed by atoms with E-state index in [9.17, 15) is 0 Å². The molecule has 0 saturated heterocycles. The number of rotatable bonds is 7. The fourth-order valence-electron chi connectivity index (χ4n) is 2.67. The smallest absolute Gasteiger partial charge is 0.161 e. The van der Waals surface area contributed by atoms with E-state index in [1.807, 2.05) is 26.8 Å². The Labute approximate surface area is 122 Å². The maximum Gasteiger partial charge on any atom is 0.161 e. The first-order valence-corrected chi connectivity index (χ1v) is 7.84. The minimum atomic E-state index is 0.164. The van der Waals surface area contributed by atoms with Crippen LogP contribution in [0, 0.1) is 0 Å². The molecule has 1 aliphatic rings. The summed E-state index contributed by atoms with van der Waals surface area (Å²) in [6, 6.07) is 6.94. The van der Waals surface area contributed by atoms with Crippen molar-refractivity contribution < 1.29 is 9.47 Å². The van der Waals surface area contributed by atoms with Crippen molar-refractivity contribution in [3.8, 4) is 11.5 Å². The molecule has 1 N–H and O–H groups in total. The summed E-state index contributed by atoms with van der Waals surface area (Å²) in [6.45, 7) is 7.64. The molecular formula is C17H27NO2. The van der Waals surface area contributed by atoms with Gasteiger partial charge in [-0.05, 0) is 51.3 Å². The first kappa shape index (κ1) is 15.2. The molecule has 0 atom stereocenters. The van der Waals surface area contributed by atoms with Gasteiger partial charge in [0.1, 0.15) is 0 Å². The van der Waals surface area contributed by atoms with Crippen molar-refractivity contribution in [2.24, 2.45) is 0 Å². The van der Waals surface area contributed by atoms with Gasteiger partial charge in [-0.25, -0.2) is 0 Å². The highest BCUT2D eigenvalue weighted by Gasteiger charge is 2.14. The van der Waals surface area contributed by atoms with Crippen molar-refractivity contribution >= 4 is 0 Å². The highest BCUT2D eigenvalue weighted by molar-refractivity contribution is 5.43. The maximum absolute atomic E-state index is 5.79. The van der Waals surface area contributed by atoms with E-state index in [-0.39, 0.29) is 6.10 Å². The molecule has 2 rings (SSSR count). The second kappa shape index (κ2) is 7.53. The molecule has 3 heteroatoms. The quantitative estimate of drug-likeness (QED) is 0.820. The normalized spacial score (nSPS) is 15.8. The van der Waals surface area contributed by atoms with Crippen molar-refractivity contribution in [2.45, 2.75) is 65.1 Å². The molecule has 20 heavy (non-hydrogen) atoms. The van der Waals surface area contributed by atoms with E-state index in [4.69, 9.17) is 9.47 Å². The van der Waals surface area contributed by atoms with E-state index in [0.29, 0.717) is 12.6 Å². The van der Waals surface area contributed by atoms with E-state index >= 15 is 0 Å². The van der Waals surface area contributed by atoms with Crippen molar-refractivity contribution in [1.29, 1.82) is 0 Å². The third-order valence-electron chi connectivity index (χ3n) is 3.62. The molecule has 0 unspecified atom stereocenters. The van der Waals surface area contributed by atoms with Crippen LogP contribution in [-0.4, -0.2) is 18.8 Å². The lowest BCUT2D eigenvalue weighted by atomic mass is 10.1. The standard InChI is InChI=1S/C17H27NO2/c1-4-19-17-11-14(9-10-16(17)20-13(2)3)12-18-15-7-5-6-8-15/h9-11,13,15,18H,4-8,12H2,1-3H3. The Bertz CT molecular complexity index is 411. The molecule has 1 aromatic carbocycles. The molecule has 1 fully saturated rings. The molecule has 0 aliphatic heterocycles. The van der Waals surface area contributed by atoms with Gasteiger partial charge < -0.3 is 14.8 Å². The number of ether oxygens (including phenoxy) is 2. The molecule has 0 amide bonds. The van der Waals surface area contributed by atoms with Gasteiger partial charge in [-0.2, -0.15) is 0 Å². The largest absolute Gasteiger partial charge is 0.490 e. The average Bonchev–Trinajstić information content (AvgIpc) is 2.92. The number of nitrogens with one attached hydrogen (secondary N) is 1. The maximum atomic E-state index is 5.79. The van der Waals surface area contributed by atoms with Gasteiger partial charge in [0.2, 0.25) is 0 Å². The molecule has 3 nitrogen and oxygen atoms in total. The van der Waals surface area contributed by atoms with Crippen LogP contribution < -0.4 is 14.8 Å². The average molecular weight is 277 g/mol. The topological polar surface area (TPSA) is 30.5 Å². The van der Waals surface area contributed by atoms with E-state index in [0.717, 1.165) is 18.0 Å². The van der Waals surface area contributed by atoms with Gasteiger partial charge in [0.05, 0.1) is 12.7 Å². The van der Waals surface area contributed by atoms with Crippen LogP contribution in [0.1, 0.15) is 52.0 Å². The second-order valence-corrected chi connectivity index (χ2v) is 5.74. The van der Waals surface area contributed by atoms with Gasteiger partial charge >= 0.3 is 0 Å². The van der Waals surface area contributed by atoms with Crippen molar-refractivity contribution in [3.05, 3.63) is 23.8 Å². The molecule has 0 bridgehead atoms. The van der Waals surface area contributed by atoms with Gasteiger partial charge in [-0.15, -0.1) is 0 Å². The van der Waals surface area contributed by atoms with Crippen LogP contribution >= 0.6 is 0 Å². The first-order chi connectivity index (χ1) is 9.69. The fourth-order valence-corrected chi connectivity index (χ4v) is 2.67. The lowest BCUT2D eigenvalue weighted by Gasteiger charge is -2.17. The number of hydrogen-bond acceptors (Lipinski definition) is 3. The summed E-state index contributed by atoms with van der Waals surface area (Å²) in [4.78, 5) is 0. The van der Waals surface area contributed by atoms with Crippen molar-refractivity contribution in [3.63, 3.8) is 0 Å². The summed E-state index contributed by atoms with van der Waals surface area (Å²) in [5.41, 5.74) is 1.26. The molecule has 1 aliphatic carbocycles. The fraction of sp³-hybridized carbons (Fsp3) is 0.647. The lowest BCUT2D eigenvalue weighted by Crippen LogP contribution is -2.25. The molecular weight excluding hydrogens is 250 g/mol. The number of benzene rings is 1. The third kappa shape index (κ3) is 4.41. The summed E-state index contributed by atoms with van der Waals surface area (Å²) in [6.07, 6.45) is 5.52. The van der Waals surface area contributed by atoms with Crippen LogP contribution in [0.15, 0.2) is 18.2 Å². The predicted octanol–water partition coefficient (Wildman–Crippen LogP) is 3.90. The Balaban J connectivity index is 2.00. The van der Waals surface area contributed by atoms with Crippen LogP contribution in [0.3, 0.4) is 0 Å². The SMILES string of the molecule is CCOc1cc(CNC2CCCC2)ccc1OC(C)C. The van der Waals surface area contributed by atoms with Gasteiger partial charge in [0.25, 0.3) is 0 Å². The molecule has 0 aromatic heterocycles. The van der Waals surface area contributed by atoms with Crippen LogP contribution in [0.4, 0.5) is 0 Å². The lowest BCUT2D eigenvalue weighted by molar-refractivity contribution is 0.223. The first-order valence-electron chi connectivity index (χ1n) is 7.84. The van der Waals surface area contributed by atoms with E-state index in [1.54, 1.807) is 0 Å². The van der Waals surface area contributed by atoms with Crippen molar-refractivity contribution in [2.75, 3.05) is 6.61 Å². The highest BCUT2D eigenvalue weighted by atomic mass is 16.5. The minimum absolute atomic E-state index is 0.164. The molecule has 0 radical (unpaired) electrons. The highest BCUT2D eigenvalue weighted by Crippen LogP contribution is 2.29. The van der Waals surface area contributed by atoms with Crippen LogP contribution in [0.25, 0.3) is 0 Å². The van der Waals surface area contributed by atoms with Gasteiger partial charge in [0, 0.05) is 12.6 Å². The zero-order valence-corrected chi connectivity index (χ0v) is 12.9. The monoisotopic (exact) mass is 277 g/mol. The van der Waals surface area contributed by atoms with E-state index in [2.05, 4.69) is 17.4 Å². The van der Waals surface area contributed by atoms with Crippen LogP contribution in [0.2, 0.25) is 0 Å². The van der Waals surface area contributed by atoms with E-state index in [1.165, 1.54) is 31.2 Å². The summed E-state index contributed by atoms with van der Waals surface area (Å²) in [5.74, 6) is 1.69. The van der Waals surface area contributed by atoms with Crippen molar-refractivity contribution in [1.82, 2.24) is 5.32 Å². The number of hydrogen-bond donors (Lipinski definition) is 1. The molecule has 0 heterocycles. The Hall–Kier alpha value is -1.22. The summed E-state index contributed by atoms with van der Waals surface area (Å²) in [7, 11) is 0. The van der Waals surface area contributed by atoms with Gasteiger partial charge in [-0.1, -0.05) is 18.9 Å². The molecule has 1 saturated carbocycles. The molecule has 0 spiro atoms. The van der Waals surface area contributed by atoms with Gasteiger partial charge in [-0.3, -0.25) is 0 Å². The summed E-state index contributed by atoms with van der Waals surface area (Å²) >= 11 is 0. The summed E-state index contributed by atoms with van der Waals surface area (Å²) < 4.78 is 11.5. The second-order valence-electron chi connectivity index (χ2n) is 5.74. The van der Waals surface area contributed by atoms with Gasteiger partial charge in [0.15, 0.2) is 11.5 Å². The molecule has 112 valence electrons. The Morgan fingerprint density at radius 1 is 1.20 bits per heavy atom. The van der Waals surface area contributed by atoms with E-state index < -0.39 is 0 Å². The minimum Gasteiger partial charge on any atom is -0.490 e. The zero-order chi connectivity index (χ0) is 14.4. The zero-order valence-electron chi connectivity index (χ0n) is 12.9. The molecule has 1 aromatic rings.